The molecule has 5 heteroatoms. The van der Waals surface area contributed by atoms with Crippen LogP contribution in [0.4, 0.5) is 5.69 Å². The first-order valence-electron chi connectivity index (χ1n) is 7.28. The summed E-state index contributed by atoms with van der Waals surface area (Å²) in [6, 6.07) is 8.69. The van der Waals surface area contributed by atoms with E-state index in [-0.39, 0.29) is 5.91 Å². The quantitative estimate of drug-likeness (QED) is 0.909. The Morgan fingerprint density at radius 1 is 1.38 bits per heavy atom. The number of carbonyl (C=O) groups is 1. The van der Waals surface area contributed by atoms with Crippen molar-refractivity contribution >= 4 is 22.4 Å². The lowest BCUT2D eigenvalue weighted by Gasteiger charge is -2.15. The van der Waals surface area contributed by atoms with Gasteiger partial charge in [-0.1, -0.05) is 12.8 Å². The van der Waals surface area contributed by atoms with Crippen molar-refractivity contribution in [2.45, 2.75) is 37.9 Å². The van der Waals surface area contributed by atoms with Crippen molar-refractivity contribution in [1.29, 1.82) is 5.26 Å². The van der Waals surface area contributed by atoms with Gasteiger partial charge in [0.2, 0.25) is 5.91 Å². The molecule has 1 aromatic carbocycles. The maximum atomic E-state index is 12.2. The van der Waals surface area contributed by atoms with Gasteiger partial charge in [-0.05, 0) is 49.9 Å². The summed E-state index contributed by atoms with van der Waals surface area (Å²) in [7, 11) is -1.13. The third-order valence-electron chi connectivity index (χ3n) is 3.92. The second-order valence-corrected chi connectivity index (χ2v) is 7.32. The molecular weight excluding hydrogens is 284 g/mol. The number of carbonyl (C=O) groups excluding carboxylic acids is 1. The molecule has 1 saturated carbocycles. The molecule has 0 spiro atoms. The molecule has 21 heavy (non-hydrogen) atoms. The van der Waals surface area contributed by atoms with Gasteiger partial charge in [0, 0.05) is 22.2 Å². The molecule has 0 radical (unpaired) electrons. The molecule has 0 saturated heterocycles. The summed E-state index contributed by atoms with van der Waals surface area (Å²) >= 11 is 0. The van der Waals surface area contributed by atoms with Gasteiger partial charge in [0.05, 0.1) is 11.6 Å². The van der Waals surface area contributed by atoms with E-state index in [2.05, 4.69) is 5.32 Å². The molecular formula is C16H20N2O2S. The van der Waals surface area contributed by atoms with E-state index in [1.807, 2.05) is 6.07 Å². The third kappa shape index (κ3) is 4.40. The summed E-state index contributed by atoms with van der Waals surface area (Å²) in [5, 5.41) is 11.0. The monoisotopic (exact) mass is 304 g/mol. The Hall–Kier alpha value is -1.67. The summed E-state index contributed by atoms with van der Waals surface area (Å²) in [5.41, 5.74) is 1.18. The van der Waals surface area contributed by atoms with Gasteiger partial charge in [0.15, 0.2) is 0 Å². The predicted octanol–water partition coefficient (Wildman–Crippen LogP) is 2.82. The molecule has 1 aliphatic carbocycles. The number of rotatable bonds is 5. The number of anilines is 1. The molecule has 0 aliphatic heterocycles. The van der Waals surface area contributed by atoms with Crippen LogP contribution < -0.4 is 5.32 Å². The van der Waals surface area contributed by atoms with Crippen LogP contribution in [0.1, 0.15) is 38.2 Å². The van der Waals surface area contributed by atoms with Crippen molar-refractivity contribution < 1.29 is 9.00 Å². The summed E-state index contributed by atoms with van der Waals surface area (Å²) in [6.07, 6.45) is 4.70. The van der Waals surface area contributed by atoms with Gasteiger partial charge in [0.25, 0.3) is 0 Å². The van der Waals surface area contributed by atoms with Crippen molar-refractivity contribution in [3.8, 4) is 6.07 Å². The van der Waals surface area contributed by atoms with E-state index < -0.39 is 16.0 Å². The van der Waals surface area contributed by atoms with Crippen LogP contribution in [-0.4, -0.2) is 21.1 Å². The van der Waals surface area contributed by atoms with Crippen LogP contribution in [0.15, 0.2) is 24.3 Å². The van der Waals surface area contributed by atoms with Crippen LogP contribution in [0.5, 0.6) is 0 Å². The largest absolute Gasteiger partial charge is 0.325 e. The molecule has 1 N–H and O–H groups in total. The maximum absolute atomic E-state index is 12.2. The molecule has 1 amide bonds. The molecule has 112 valence electrons. The second kappa shape index (κ2) is 7.37. The van der Waals surface area contributed by atoms with E-state index in [1.54, 1.807) is 31.2 Å². The fourth-order valence-corrected chi connectivity index (χ4v) is 3.93. The lowest BCUT2D eigenvalue weighted by atomic mass is 10.1. The second-order valence-electron chi connectivity index (χ2n) is 5.52. The molecule has 0 aromatic heterocycles. The minimum absolute atomic E-state index is 0.226. The number of hydrogen-bond donors (Lipinski definition) is 1. The molecule has 2 atom stereocenters. The minimum Gasteiger partial charge on any atom is -0.325 e. The van der Waals surface area contributed by atoms with E-state index in [0.29, 0.717) is 22.9 Å². The van der Waals surface area contributed by atoms with Crippen LogP contribution in [0, 0.1) is 17.2 Å². The van der Waals surface area contributed by atoms with Crippen LogP contribution in [0.3, 0.4) is 0 Å². The Morgan fingerprint density at radius 2 is 2.00 bits per heavy atom. The molecule has 0 bridgehead atoms. The SMILES string of the molecule is CC(C(=O)Nc1ccc(C#N)cc1)S(=O)CC1CCCC1. The van der Waals surface area contributed by atoms with Gasteiger partial charge >= 0.3 is 0 Å². The zero-order valence-corrected chi connectivity index (χ0v) is 13.0. The highest BCUT2D eigenvalue weighted by atomic mass is 32.2. The summed E-state index contributed by atoms with van der Waals surface area (Å²) in [6.45, 7) is 1.71. The predicted molar refractivity (Wildman–Crippen MR) is 84.2 cm³/mol. The zero-order valence-electron chi connectivity index (χ0n) is 12.2. The number of hydrogen-bond acceptors (Lipinski definition) is 3. The molecule has 1 aromatic rings. The molecule has 1 aliphatic rings. The van der Waals surface area contributed by atoms with Gasteiger partial charge in [-0.15, -0.1) is 0 Å². The van der Waals surface area contributed by atoms with Crippen molar-refractivity contribution in [3.63, 3.8) is 0 Å². The van der Waals surface area contributed by atoms with Gasteiger partial charge in [-0.2, -0.15) is 5.26 Å². The van der Waals surface area contributed by atoms with Crippen LogP contribution >= 0.6 is 0 Å². The lowest BCUT2D eigenvalue weighted by Crippen LogP contribution is -2.31. The highest BCUT2D eigenvalue weighted by Gasteiger charge is 2.24. The van der Waals surface area contributed by atoms with Gasteiger partial charge in [-0.3, -0.25) is 9.00 Å². The summed E-state index contributed by atoms with van der Waals surface area (Å²) in [5.74, 6) is 0.911. The van der Waals surface area contributed by atoms with Crippen molar-refractivity contribution in [3.05, 3.63) is 29.8 Å². The Bertz CT molecular complexity index is 557. The first-order chi connectivity index (χ1) is 10.1. The maximum Gasteiger partial charge on any atom is 0.239 e. The molecule has 1 fully saturated rings. The van der Waals surface area contributed by atoms with Crippen molar-refractivity contribution in [1.82, 2.24) is 0 Å². The molecule has 4 nitrogen and oxygen atoms in total. The smallest absolute Gasteiger partial charge is 0.239 e. The van der Waals surface area contributed by atoms with Gasteiger partial charge < -0.3 is 5.32 Å². The van der Waals surface area contributed by atoms with E-state index in [1.165, 1.54) is 12.8 Å². The molecule has 0 heterocycles. The fraction of sp³-hybridized carbons (Fsp3) is 0.500. The topological polar surface area (TPSA) is 70.0 Å². The van der Waals surface area contributed by atoms with Crippen LogP contribution in [-0.2, 0) is 15.6 Å². The van der Waals surface area contributed by atoms with Crippen molar-refractivity contribution in [2.24, 2.45) is 5.92 Å². The van der Waals surface area contributed by atoms with Crippen LogP contribution in [0.25, 0.3) is 0 Å². The molecule has 2 unspecified atom stereocenters. The zero-order chi connectivity index (χ0) is 15.2. The van der Waals surface area contributed by atoms with Gasteiger partial charge in [0.1, 0.15) is 5.25 Å². The van der Waals surface area contributed by atoms with Crippen molar-refractivity contribution in [2.75, 3.05) is 11.1 Å². The van der Waals surface area contributed by atoms with E-state index in [9.17, 15) is 9.00 Å². The minimum atomic E-state index is -1.13. The van der Waals surface area contributed by atoms with E-state index in [4.69, 9.17) is 5.26 Å². The average molecular weight is 304 g/mol. The van der Waals surface area contributed by atoms with Crippen LogP contribution in [0.2, 0.25) is 0 Å². The van der Waals surface area contributed by atoms with Gasteiger partial charge in [-0.25, -0.2) is 0 Å². The Labute approximate surface area is 128 Å². The number of nitrogens with one attached hydrogen (secondary N) is 1. The fourth-order valence-electron chi connectivity index (χ4n) is 2.55. The summed E-state index contributed by atoms with van der Waals surface area (Å²) < 4.78 is 12.2. The average Bonchev–Trinajstić information content (AvgIpc) is 3.00. The number of amides is 1. The normalized spacial score (nSPS) is 17.9. The lowest BCUT2D eigenvalue weighted by molar-refractivity contribution is -0.115. The Balaban J connectivity index is 1.88. The third-order valence-corrected chi connectivity index (χ3v) is 5.72. The standard InChI is InChI=1S/C16H20N2O2S/c1-12(21(20)11-14-4-2-3-5-14)16(19)18-15-8-6-13(10-17)7-9-15/h6-9,12,14H,2-5,11H2,1H3,(H,18,19). The Kier molecular flexibility index (Phi) is 5.51. The highest BCUT2D eigenvalue weighted by molar-refractivity contribution is 7.86. The first-order valence-corrected chi connectivity index (χ1v) is 8.66. The number of nitriles is 1. The highest BCUT2D eigenvalue weighted by Crippen LogP contribution is 2.26. The Morgan fingerprint density at radius 3 is 2.57 bits per heavy atom. The van der Waals surface area contributed by atoms with E-state index in [0.717, 1.165) is 12.8 Å². The van der Waals surface area contributed by atoms with E-state index >= 15 is 0 Å². The molecule has 2 rings (SSSR count). The summed E-state index contributed by atoms with van der Waals surface area (Å²) in [4.78, 5) is 12.1. The number of benzene rings is 1. The number of nitrogens with zero attached hydrogens (tertiary/aromatic N) is 1. The first kappa shape index (κ1) is 15.7.